The van der Waals surface area contributed by atoms with Gasteiger partial charge in [-0.2, -0.15) is 5.10 Å². The highest BCUT2D eigenvalue weighted by atomic mass is 15.2. The molecule has 102 valence electrons. The molecule has 2 heterocycles. The topological polar surface area (TPSA) is 96.3 Å². The summed E-state index contributed by atoms with van der Waals surface area (Å²) in [5, 5.41) is 7.35. The summed E-state index contributed by atoms with van der Waals surface area (Å²) in [4.78, 5) is 11.6. The summed E-state index contributed by atoms with van der Waals surface area (Å²) in [7, 11) is 0. The quantitative estimate of drug-likeness (QED) is 0.781. The van der Waals surface area contributed by atoms with E-state index in [1.165, 1.54) is 32.1 Å². The number of aromatic nitrogens is 5. The van der Waals surface area contributed by atoms with Crippen molar-refractivity contribution in [3.05, 3.63) is 29.9 Å². The van der Waals surface area contributed by atoms with Gasteiger partial charge in [-0.3, -0.25) is 5.10 Å². The summed E-state index contributed by atoms with van der Waals surface area (Å²) in [6, 6.07) is -0.186. The largest absolute Gasteiger partial charge is 0.348 e. The first-order valence-corrected chi connectivity index (χ1v) is 6.98. The lowest BCUT2D eigenvalue weighted by molar-refractivity contribution is 0.429. The summed E-state index contributed by atoms with van der Waals surface area (Å²) in [6.07, 6.45) is 10.5. The maximum absolute atomic E-state index is 6.14. The number of rotatable bonds is 4. The Balaban J connectivity index is 1.66. The predicted molar refractivity (Wildman–Crippen MR) is 71.4 cm³/mol. The van der Waals surface area contributed by atoms with Crippen molar-refractivity contribution < 1.29 is 0 Å². The number of imidazole rings is 1. The summed E-state index contributed by atoms with van der Waals surface area (Å²) in [6.45, 7) is 0. The monoisotopic (exact) mass is 260 g/mol. The van der Waals surface area contributed by atoms with Crippen LogP contribution in [0.5, 0.6) is 0 Å². The number of hydrogen-bond donors (Lipinski definition) is 3. The average molecular weight is 260 g/mol. The molecule has 4 N–H and O–H groups in total. The second kappa shape index (κ2) is 5.52. The Bertz CT molecular complexity index is 497. The van der Waals surface area contributed by atoms with Crippen molar-refractivity contribution in [2.24, 2.45) is 5.73 Å². The maximum atomic E-state index is 6.14. The van der Waals surface area contributed by atoms with E-state index in [1.54, 1.807) is 12.5 Å². The summed E-state index contributed by atoms with van der Waals surface area (Å²) in [5.74, 6) is 2.25. The smallest absolute Gasteiger partial charge is 0.167 e. The minimum atomic E-state index is -0.186. The summed E-state index contributed by atoms with van der Waals surface area (Å²) < 4.78 is 0. The zero-order valence-corrected chi connectivity index (χ0v) is 11.0. The van der Waals surface area contributed by atoms with E-state index in [-0.39, 0.29) is 6.04 Å². The minimum Gasteiger partial charge on any atom is -0.348 e. The van der Waals surface area contributed by atoms with Crippen molar-refractivity contribution in [3.8, 4) is 0 Å². The maximum Gasteiger partial charge on any atom is 0.167 e. The minimum absolute atomic E-state index is 0.186. The second-order valence-electron chi connectivity index (χ2n) is 5.30. The Morgan fingerprint density at radius 3 is 2.89 bits per heavy atom. The molecule has 2 aromatic rings. The first-order chi connectivity index (χ1) is 9.33. The van der Waals surface area contributed by atoms with Crippen LogP contribution in [0, 0.1) is 0 Å². The molecular formula is C13H20N6. The molecular weight excluding hydrogens is 240 g/mol. The SMILES string of the molecule is NC(Cc1cnc[nH]1)c1n[nH]c(C2CCCCC2)n1. The highest BCUT2D eigenvalue weighted by Gasteiger charge is 2.21. The Hall–Kier alpha value is -1.69. The third-order valence-corrected chi connectivity index (χ3v) is 3.84. The molecule has 19 heavy (non-hydrogen) atoms. The van der Waals surface area contributed by atoms with Gasteiger partial charge in [-0.25, -0.2) is 9.97 Å². The second-order valence-corrected chi connectivity index (χ2v) is 5.30. The molecule has 0 bridgehead atoms. The van der Waals surface area contributed by atoms with Crippen molar-refractivity contribution in [1.29, 1.82) is 0 Å². The third kappa shape index (κ3) is 2.84. The van der Waals surface area contributed by atoms with Crippen LogP contribution in [0.1, 0.15) is 61.4 Å². The first-order valence-electron chi connectivity index (χ1n) is 6.98. The van der Waals surface area contributed by atoms with Crippen LogP contribution < -0.4 is 5.73 Å². The van der Waals surface area contributed by atoms with E-state index in [2.05, 4.69) is 25.1 Å². The van der Waals surface area contributed by atoms with E-state index < -0.39 is 0 Å². The molecule has 0 amide bonds. The molecule has 0 saturated heterocycles. The molecule has 1 aliphatic carbocycles. The molecule has 0 aliphatic heterocycles. The van der Waals surface area contributed by atoms with Crippen LogP contribution in [0.25, 0.3) is 0 Å². The number of H-pyrrole nitrogens is 2. The molecule has 1 fully saturated rings. The van der Waals surface area contributed by atoms with Crippen LogP contribution in [-0.4, -0.2) is 25.1 Å². The van der Waals surface area contributed by atoms with Crippen LogP contribution in [0.15, 0.2) is 12.5 Å². The van der Waals surface area contributed by atoms with Crippen molar-refractivity contribution in [3.63, 3.8) is 0 Å². The number of nitrogens with two attached hydrogens (primary N) is 1. The number of nitrogens with zero attached hydrogens (tertiary/aromatic N) is 3. The van der Waals surface area contributed by atoms with Gasteiger partial charge in [-0.15, -0.1) is 0 Å². The predicted octanol–water partition coefficient (Wildman–Crippen LogP) is 1.82. The van der Waals surface area contributed by atoms with E-state index >= 15 is 0 Å². The Morgan fingerprint density at radius 1 is 1.32 bits per heavy atom. The molecule has 6 nitrogen and oxygen atoms in total. The normalized spacial score (nSPS) is 18.6. The zero-order valence-electron chi connectivity index (χ0n) is 11.0. The molecule has 0 aromatic carbocycles. The van der Waals surface area contributed by atoms with E-state index in [1.807, 2.05) is 0 Å². The molecule has 1 aliphatic rings. The van der Waals surface area contributed by atoms with Crippen LogP contribution in [0.3, 0.4) is 0 Å². The average Bonchev–Trinajstić information content (AvgIpc) is 3.10. The van der Waals surface area contributed by atoms with Crippen LogP contribution in [0.4, 0.5) is 0 Å². The van der Waals surface area contributed by atoms with Crippen molar-refractivity contribution in [1.82, 2.24) is 25.1 Å². The van der Waals surface area contributed by atoms with Crippen LogP contribution in [0.2, 0.25) is 0 Å². The molecule has 0 spiro atoms. The van der Waals surface area contributed by atoms with Gasteiger partial charge in [0.15, 0.2) is 5.82 Å². The standard InChI is InChI=1S/C13H20N6/c14-11(6-10-7-15-8-16-10)13-17-12(18-19-13)9-4-2-1-3-5-9/h7-9,11H,1-6,14H2,(H,15,16)(H,17,18,19). The van der Waals surface area contributed by atoms with E-state index in [4.69, 9.17) is 5.73 Å². The molecule has 1 saturated carbocycles. The van der Waals surface area contributed by atoms with Crippen molar-refractivity contribution in [2.75, 3.05) is 0 Å². The van der Waals surface area contributed by atoms with Gasteiger partial charge >= 0.3 is 0 Å². The van der Waals surface area contributed by atoms with Crippen molar-refractivity contribution >= 4 is 0 Å². The first kappa shape index (κ1) is 12.3. The van der Waals surface area contributed by atoms with Crippen LogP contribution in [-0.2, 0) is 6.42 Å². The highest BCUT2D eigenvalue weighted by molar-refractivity contribution is 5.06. The van der Waals surface area contributed by atoms with Crippen molar-refractivity contribution in [2.45, 2.75) is 50.5 Å². The van der Waals surface area contributed by atoms with Gasteiger partial charge in [0.25, 0.3) is 0 Å². The van der Waals surface area contributed by atoms with Gasteiger partial charge in [-0.1, -0.05) is 19.3 Å². The molecule has 1 unspecified atom stereocenters. The molecule has 1 atom stereocenters. The van der Waals surface area contributed by atoms with Gasteiger partial charge in [0, 0.05) is 24.2 Å². The lowest BCUT2D eigenvalue weighted by atomic mass is 9.89. The van der Waals surface area contributed by atoms with Gasteiger partial charge in [-0.05, 0) is 12.8 Å². The molecule has 6 heteroatoms. The fourth-order valence-corrected chi connectivity index (χ4v) is 2.74. The Morgan fingerprint density at radius 2 is 2.16 bits per heavy atom. The van der Waals surface area contributed by atoms with Gasteiger partial charge in [0.1, 0.15) is 5.82 Å². The lowest BCUT2D eigenvalue weighted by Crippen LogP contribution is -2.15. The summed E-state index contributed by atoms with van der Waals surface area (Å²) in [5.41, 5.74) is 7.15. The van der Waals surface area contributed by atoms with E-state index in [0.29, 0.717) is 18.2 Å². The number of aromatic amines is 2. The molecule has 0 radical (unpaired) electrons. The van der Waals surface area contributed by atoms with Crippen LogP contribution >= 0.6 is 0 Å². The fourth-order valence-electron chi connectivity index (χ4n) is 2.74. The lowest BCUT2D eigenvalue weighted by Gasteiger charge is -2.18. The molecule has 2 aromatic heterocycles. The molecule has 3 rings (SSSR count). The van der Waals surface area contributed by atoms with Gasteiger partial charge in [0.05, 0.1) is 12.4 Å². The fraction of sp³-hybridized carbons (Fsp3) is 0.615. The Kier molecular flexibility index (Phi) is 3.59. The summed E-state index contributed by atoms with van der Waals surface area (Å²) >= 11 is 0. The third-order valence-electron chi connectivity index (χ3n) is 3.84. The number of hydrogen-bond acceptors (Lipinski definition) is 4. The Labute approximate surface area is 112 Å². The van der Waals surface area contributed by atoms with Gasteiger partial charge in [0.2, 0.25) is 0 Å². The van der Waals surface area contributed by atoms with E-state index in [0.717, 1.165) is 11.5 Å². The number of nitrogens with one attached hydrogen (secondary N) is 2. The van der Waals surface area contributed by atoms with E-state index in [9.17, 15) is 0 Å². The van der Waals surface area contributed by atoms with Gasteiger partial charge < -0.3 is 10.7 Å². The highest BCUT2D eigenvalue weighted by Crippen LogP contribution is 2.30. The zero-order chi connectivity index (χ0) is 13.1.